The lowest BCUT2D eigenvalue weighted by atomic mass is 9.85. The van der Waals surface area contributed by atoms with Crippen LogP contribution in [0.15, 0.2) is 12.1 Å². The maximum Gasteiger partial charge on any atom is 0.419 e. The third-order valence-corrected chi connectivity index (χ3v) is 6.38. The quantitative estimate of drug-likeness (QED) is 0.691. The number of piperidine rings is 1. The van der Waals surface area contributed by atoms with Crippen molar-refractivity contribution in [3.63, 3.8) is 0 Å². The van der Waals surface area contributed by atoms with Crippen LogP contribution in [0.5, 0.6) is 0 Å². The predicted octanol–water partition coefficient (Wildman–Crippen LogP) is 3.48. The monoisotopic (exact) mass is 458 g/mol. The molecule has 32 heavy (non-hydrogen) atoms. The summed E-state index contributed by atoms with van der Waals surface area (Å²) in [6, 6.07) is 1.72. The van der Waals surface area contributed by atoms with Gasteiger partial charge in [-0.2, -0.15) is 18.3 Å². The van der Waals surface area contributed by atoms with Crippen molar-refractivity contribution in [2.75, 3.05) is 19.6 Å². The summed E-state index contributed by atoms with van der Waals surface area (Å²) in [6.45, 7) is 2.86. The minimum absolute atomic E-state index is 0.0786. The highest BCUT2D eigenvalue weighted by atomic mass is 19.4. The average molecular weight is 458 g/mol. The highest BCUT2D eigenvalue weighted by Gasteiger charge is 2.41. The number of aromatic amines is 1. The fourth-order valence-electron chi connectivity index (χ4n) is 4.62. The third-order valence-electron chi connectivity index (χ3n) is 6.38. The van der Waals surface area contributed by atoms with Crippen molar-refractivity contribution in [2.24, 2.45) is 0 Å². The number of carbonyl (C=O) groups excluding carboxylic acids is 1. The molecule has 2 N–H and O–H groups in total. The van der Waals surface area contributed by atoms with E-state index in [1.807, 2.05) is 0 Å². The summed E-state index contributed by atoms with van der Waals surface area (Å²) in [5, 5.41) is 18.0. The smallest absolute Gasteiger partial charge is 0.372 e. The summed E-state index contributed by atoms with van der Waals surface area (Å²) in [7, 11) is 0. The number of fused-ring (bicyclic) bond motifs is 1. The molecule has 2 aliphatic heterocycles. The lowest BCUT2D eigenvalue weighted by Crippen LogP contribution is -2.38. The van der Waals surface area contributed by atoms with Crippen LogP contribution in [0.4, 0.5) is 22.0 Å². The van der Waals surface area contributed by atoms with Gasteiger partial charge in [0.25, 0.3) is 0 Å². The van der Waals surface area contributed by atoms with Crippen molar-refractivity contribution in [1.29, 1.82) is 0 Å². The number of likely N-dealkylation sites (tertiary alicyclic amines) is 1. The van der Waals surface area contributed by atoms with Crippen molar-refractivity contribution in [3.8, 4) is 0 Å². The molecule has 0 spiro atoms. The first-order chi connectivity index (χ1) is 15.1. The fraction of sp³-hybridized carbons (Fsp3) is 0.524. The molecule has 1 atom stereocenters. The van der Waals surface area contributed by atoms with Gasteiger partial charge in [0.15, 0.2) is 17.9 Å². The van der Waals surface area contributed by atoms with Gasteiger partial charge in [0.2, 0.25) is 5.91 Å². The van der Waals surface area contributed by atoms with Gasteiger partial charge < -0.3 is 10.0 Å². The van der Waals surface area contributed by atoms with E-state index in [0.29, 0.717) is 25.2 Å². The van der Waals surface area contributed by atoms with E-state index >= 15 is 0 Å². The van der Waals surface area contributed by atoms with Gasteiger partial charge in [-0.3, -0.25) is 14.8 Å². The molecule has 1 fully saturated rings. The molecule has 1 unspecified atom stereocenters. The number of aliphatic hydroxyl groups excluding tert-OH is 1. The molecule has 1 aromatic carbocycles. The molecule has 1 amide bonds. The van der Waals surface area contributed by atoms with E-state index in [1.54, 1.807) is 9.80 Å². The van der Waals surface area contributed by atoms with Gasteiger partial charge >= 0.3 is 6.18 Å². The largest absolute Gasteiger partial charge is 0.419 e. The second-order valence-electron chi connectivity index (χ2n) is 8.26. The average Bonchev–Trinajstić information content (AvgIpc) is 3.17. The van der Waals surface area contributed by atoms with E-state index in [0.717, 1.165) is 23.4 Å². The number of nitrogens with one attached hydrogen (secondary N) is 1. The molecular formula is C21H23F5N4O2. The first kappa shape index (κ1) is 22.7. The van der Waals surface area contributed by atoms with E-state index < -0.39 is 35.5 Å². The number of aromatic nitrogens is 2. The summed E-state index contributed by atoms with van der Waals surface area (Å²) < 4.78 is 67.6. The van der Waals surface area contributed by atoms with Crippen molar-refractivity contribution in [3.05, 3.63) is 51.8 Å². The van der Waals surface area contributed by atoms with Gasteiger partial charge in [-0.15, -0.1) is 0 Å². The van der Waals surface area contributed by atoms with Crippen molar-refractivity contribution < 1.29 is 31.9 Å². The van der Waals surface area contributed by atoms with Gasteiger partial charge in [-0.25, -0.2) is 8.78 Å². The Bertz CT molecular complexity index is 1010. The number of benzene rings is 1. The lowest BCUT2D eigenvalue weighted by Gasteiger charge is -2.36. The van der Waals surface area contributed by atoms with Gasteiger partial charge in [-0.05, 0) is 30.4 Å². The molecule has 6 nitrogen and oxygen atoms in total. The number of hydrogen-bond acceptors (Lipinski definition) is 4. The first-order valence-corrected chi connectivity index (χ1v) is 10.4. The zero-order valence-corrected chi connectivity index (χ0v) is 17.3. The zero-order chi connectivity index (χ0) is 23.2. The Labute approximate surface area is 181 Å². The highest BCUT2D eigenvalue weighted by Crippen LogP contribution is 2.41. The summed E-state index contributed by atoms with van der Waals surface area (Å²) >= 11 is 0. The zero-order valence-electron chi connectivity index (χ0n) is 17.3. The van der Waals surface area contributed by atoms with Crippen LogP contribution in [0, 0.1) is 11.6 Å². The summed E-state index contributed by atoms with van der Waals surface area (Å²) in [5.41, 5.74) is 0.180. The second-order valence-corrected chi connectivity index (χ2v) is 8.26. The maximum absolute atomic E-state index is 14.0. The number of alkyl halides is 3. The van der Waals surface area contributed by atoms with Gasteiger partial charge in [0.1, 0.15) is 5.69 Å². The molecule has 174 valence electrons. The van der Waals surface area contributed by atoms with Crippen molar-refractivity contribution in [1.82, 2.24) is 20.0 Å². The number of nitrogens with zero attached hydrogens (tertiary/aromatic N) is 3. The Morgan fingerprint density at radius 2 is 1.91 bits per heavy atom. The highest BCUT2D eigenvalue weighted by molar-refractivity contribution is 5.73. The summed E-state index contributed by atoms with van der Waals surface area (Å²) in [5.74, 6) is -4.11. The van der Waals surface area contributed by atoms with E-state index in [2.05, 4.69) is 10.2 Å². The van der Waals surface area contributed by atoms with Gasteiger partial charge in [0, 0.05) is 50.8 Å². The van der Waals surface area contributed by atoms with Gasteiger partial charge in [-0.1, -0.05) is 6.07 Å². The number of aliphatic hydroxyl groups is 1. The maximum atomic E-state index is 14.0. The number of halogens is 5. The minimum atomic E-state index is -5.01. The number of hydrogen-bond donors (Lipinski definition) is 2. The lowest BCUT2D eigenvalue weighted by molar-refractivity contribution is -0.141. The van der Waals surface area contributed by atoms with Crippen LogP contribution in [0.3, 0.4) is 0 Å². The standard InChI is InChI=1S/C21H23F5N4O2/c1-11(31)30-9-6-16-14(10-30)19(28-27-16)20(32)29-7-4-12(5-8-29)13-2-3-15(22)18(23)17(13)21(24,25)26/h2-3,12,20,32H,4-10H2,1H3,(H,27,28). The molecular weight excluding hydrogens is 435 g/mol. The van der Waals surface area contributed by atoms with E-state index in [4.69, 9.17) is 0 Å². The number of H-pyrrole nitrogens is 1. The van der Waals surface area contributed by atoms with Gasteiger partial charge in [0.05, 0.1) is 5.56 Å². The molecule has 0 bridgehead atoms. The van der Waals surface area contributed by atoms with Crippen LogP contribution < -0.4 is 0 Å². The third kappa shape index (κ3) is 4.11. The Kier molecular flexibility index (Phi) is 5.97. The van der Waals surface area contributed by atoms with Crippen molar-refractivity contribution in [2.45, 2.75) is 51.1 Å². The fourth-order valence-corrected chi connectivity index (χ4v) is 4.62. The Hall–Kier alpha value is -2.53. The molecule has 0 radical (unpaired) electrons. The van der Waals surface area contributed by atoms with Crippen LogP contribution in [-0.4, -0.2) is 50.6 Å². The Morgan fingerprint density at radius 3 is 2.53 bits per heavy atom. The van der Waals surface area contributed by atoms with Crippen LogP contribution in [0.25, 0.3) is 0 Å². The molecule has 2 aliphatic rings. The van der Waals surface area contributed by atoms with Crippen LogP contribution in [-0.2, 0) is 23.9 Å². The van der Waals surface area contributed by atoms with Crippen LogP contribution in [0.1, 0.15) is 60.0 Å². The molecule has 11 heteroatoms. The topological polar surface area (TPSA) is 72.5 Å². The summed E-state index contributed by atoms with van der Waals surface area (Å²) in [4.78, 5) is 15.1. The molecule has 0 saturated carbocycles. The van der Waals surface area contributed by atoms with E-state index in [1.165, 1.54) is 6.92 Å². The number of amides is 1. The molecule has 4 rings (SSSR count). The Morgan fingerprint density at radius 1 is 1.22 bits per heavy atom. The SMILES string of the molecule is CC(=O)N1CCc2[nH]nc(C(O)N3CCC(c4ccc(F)c(F)c4C(F)(F)F)CC3)c2C1. The Balaban J connectivity index is 1.50. The number of rotatable bonds is 3. The molecule has 2 aromatic rings. The normalized spacial score (nSPS) is 19.2. The van der Waals surface area contributed by atoms with Crippen molar-refractivity contribution >= 4 is 5.91 Å². The molecule has 1 aromatic heterocycles. The molecule has 0 aliphatic carbocycles. The second kappa shape index (κ2) is 8.43. The summed E-state index contributed by atoms with van der Waals surface area (Å²) in [6.07, 6.45) is -5.04. The molecule has 3 heterocycles. The van der Waals surface area contributed by atoms with Crippen LogP contribution >= 0.6 is 0 Å². The van der Waals surface area contributed by atoms with Crippen LogP contribution in [0.2, 0.25) is 0 Å². The van der Waals surface area contributed by atoms with E-state index in [9.17, 15) is 31.9 Å². The number of carbonyl (C=O) groups is 1. The first-order valence-electron chi connectivity index (χ1n) is 10.4. The van der Waals surface area contributed by atoms with E-state index in [-0.39, 0.29) is 37.4 Å². The molecule has 1 saturated heterocycles. The minimum Gasteiger partial charge on any atom is -0.372 e. The predicted molar refractivity (Wildman–Crippen MR) is 103 cm³/mol.